The Morgan fingerprint density at radius 2 is 1.95 bits per heavy atom. The largest absolute Gasteiger partial charge is 0.395 e. The van der Waals surface area contributed by atoms with Crippen molar-refractivity contribution in [3.05, 3.63) is 11.4 Å². The lowest BCUT2D eigenvalue weighted by atomic mass is 9.95. The minimum Gasteiger partial charge on any atom is -0.395 e. The Bertz CT molecular complexity index is 477. The third kappa shape index (κ3) is 3.03. The molecule has 1 aliphatic rings. The summed E-state index contributed by atoms with van der Waals surface area (Å²) < 4.78 is 0. The van der Waals surface area contributed by atoms with Crippen molar-refractivity contribution < 1.29 is 5.11 Å². The van der Waals surface area contributed by atoms with E-state index in [1.54, 1.807) is 0 Å². The molecule has 1 heterocycles. The first-order valence-electron chi connectivity index (χ1n) is 7.33. The second-order valence-electron chi connectivity index (χ2n) is 6.49. The van der Waals surface area contributed by atoms with Crippen LogP contribution in [-0.4, -0.2) is 41.3 Å². The number of anilines is 2. The van der Waals surface area contributed by atoms with Gasteiger partial charge in [0.15, 0.2) is 0 Å². The molecule has 0 aromatic carbocycles. The number of aliphatic hydroxyl groups excluding tert-OH is 1. The summed E-state index contributed by atoms with van der Waals surface area (Å²) in [6.07, 6.45) is 2.37. The van der Waals surface area contributed by atoms with E-state index in [-0.39, 0.29) is 12.0 Å². The molecule has 5 heteroatoms. The van der Waals surface area contributed by atoms with Crippen molar-refractivity contribution in [2.75, 3.05) is 30.4 Å². The summed E-state index contributed by atoms with van der Waals surface area (Å²) in [6.45, 7) is 9.19. The predicted molar refractivity (Wildman–Crippen MR) is 82.5 cm³/mol. The molecule has 0 spiro atoms. The Kier molecular flexibility index (Phi) is 4.18. The fraction of sp³-hybridized carbons (Fsp3) is 0.733. The van der Waals surface area contributed by atoms with Gasteiger partial charge in [-0.15, -0.1) is 0 Å². The molecule has 20 heavy (non-hydrogen) atoms. The summed E-state index contributed by atoms with van der Waals surface area (Å²) >= 11 is 0. The van der Waals surface area contributed by atoms with Crippen molar-refractivity contribution in [2.45, 2.75) is 52.0 Å². The zero-order valence-electron chi connectivity index (χ0n) is 13.2. The van der Waals surface area contributed by atoms with E-state index in [0.29, 0.717) is 12.6 Å². The Labute approximate surface area is 121 Å². The van der Waals surface area contributed by atoms with Crippen LogP contribution in [0.25, 0.3) is 0 Å². The van der Waals surface area contributed by atoms with Crippen molar-refractivity contribution in [1.29, 1.82) is 0 Å². The monoisotopic (exact) mass is 278 g/mol. The molecule has 0 aliphatic heterocycles. The molecule has 1 aliphatic carbocycles. The lowest BCUT2D eigenvalue weighted by Gasteiger charge is -2.27. The van der Waals surface area contributed by atoms with E-state index in [9.17, 15) is 5.11 Å². The average Bonchev–Trinajstić information content (AvgIpc) is 3.19. The molecule has 0 saturated heterocycles. The maximum atomic E-state index is 9.32. The van der Waals surface area contributed by atoms with E-state index in [2.05, 4.69) is 36.0 Å². The average molecular weight is 278 g/mol. The molecule has 2 rings (SSSR count). The molecule has 0 bridgehead atoms. The van der Waals surface area contributed by atoms with Crippen LogP contribution in [0.5, 0.6) is 0 Å². The van der Waals surface area contributed by atoms with Crippen molar-refractivity contribution in [1.82, 2.24) is 9.97 Å². The number of hydrogen-bond donors (Lipinski definition) is 2. The third-order valence-electron chi connectivity index (χ3n) is 3.63. The SMILES string of the molecule is CNc1nc(C(C)(C)C)nc(N(CCO)C2CC2)c1C. The van der Waals surface area contributed by atoms with Crippen LogP contribution in [0.1, 0.15) is 45.0 Å². The fourth-order valence-electron chi connectivity index (χ4n) is 2.32. The van der Waals surface area contributed by atoms with Gasteiger partial charge in [-0.1, -0.05) is 20.8 Å². The Morgan fingerprint density at radius 3 is 2.40 bits per heavy atom. The van der Waals surface area contributed by atoms with Crippen LogP contribution >= 0.6 is 0 Å². The van der Waals surface area contributed by atoms with Gasteiger partial charge in [0.2, 0.25) is 0 Å². The minimum atomic E-state index is -0.0948. The number of aromatic nitrogens is 2. The lowest BCUT2D eigenvalue weighted by molar-refractivity contribution is 0.301. The van der Waals surface area contributed by atoms with Crippen LogP contribution in [0.15, 0.2) is 0 Å². The molecular formula is C15H26N4O. The lowest BCUT2D eigenvalue weighted by Crippen LogP contribution is -2.32. The molecule has 0 radical (unpaired) electrons. The van der Waals surface area contributed by atoms with E-state index in [0.717, 1.165) is 23.0 Å². The molecule has 0 amide bonds. The maximum Gasteiger partial charge on any atom is 0.138 e. The van der Waals surface area contributed by atoms with Crippen LogP contribution in [0.3, 0.4) is 0 Å². The van der Waals surface area contributed by atoms with Gasteiger partial charge in [0.25, 0.3) is 0 Å². The first-order chi connectivity index (χ1) is 9.38. The van der Waals surface area contributed by atoms with Gasteiger partial charge in [0, 0.05) is 30.6 Å². The van der Waals surface area contributed by atoms with Gasteiger partial charge < -0.3 is 15.3 Å². The van der Waals surface area contributed by atoms with Gasteiger partial charge in [-0.05, 0) is 19.8 Å². The molecule has 5 nitrogen and oxygen atoms in total. The summed E-state index contributed by atoms with van der Waals surface area (Å²) in [4.78, 5) is 11.7. The van der Waals surface area contributed by atoms with Crippen molar-refractivity contribution >= 4 is 11.6 Å². The van der Waals surface area contributed by atoms with Crippen molar-refractivity contribution in [3.8, 4) is 0 Å². The van der Waals surface area contributed by atoms with E-state index in [4.69, 9.17) is 4.98 Å². The minimum absolute atomic E-state index is 0.0948. The number of rotatable bonds is 5. The highest BCUT2D eigenvalue weighted by atomic mass is 16.3. The quantitative estimate of drug-likeness (QED) is 0.863. The van der Waals surface area contributed by atoms with Gasteiger partial charge >= 0.3 is 0 Å². The van der Waals surface area contributed by atoms with Gasteiger partial charge in [-0.2, -0.15) is 0 Å². The van der Waals surface area contributed by atoms with Crippen LogP contribution in [0.4, 0.5) is 11.6 Å². The van der Waals surface area contributed by atoms with E-state index in [1.807, 2.05) is 14.0 Å². The molecule has 0 atom stereocenters. The second kappa shape index (κ2) is 5.56. The highest BCUT2D eigenvalue weighted by Gasteiger charge is 2.32. The zero-order valence-corrected chi connectivity index (χ0v) is 13.2. The smallest absolute Gasteiger partial charge is 0.138 e. The summed E-state index contributed by atoms with van der Waals surface area (Å²) in [6, 6.07) is 0.522. The molecular weight excluding hydrogens is 252 g/mol. The Morgan fingerprint density at radius 1 is 1.30 bits per heavy atom. The number of nitrogens with zero attached hydrogens (tertiary/aromatic N) is 3. The normalized spacial score (nSPS) is 15.3. The third-order valence-corrected chi connectivity index (χ3v) is 3.63. The number of hydrogen-bond acceptors (Lipinski definition) is 5. The molecule has 112 valence electrons. The summed E-state index contributed by atoms with van der Waals surface area (Å²) in [7, 11) is 1.89. The van der Waals surface area contributed by atoms with Gasteiger partial charge in [0.1, 0.15) is 17.5 Å². The van der Waals surface area contributed by atoms with Crippen LogP contribution in [0, 0.1) is 6.92 Å². The molecule has 1 aromatic heterocycles. The second-order valence-corrected chi connectivity index (χ2v) is 6.49. The van der Waals surface area contributed by atoms with Gasteiger partial charge in [-0.25, -0.2) is 9.97 Å². The van der Waals surface area contributed by atoms with Crippen LogP contribution in [-0.2, 0) is 5.41 Å². The van der Waals surface area contributed by atoms with Crippen molar-refractivity contribution in [3.63, 3.8) is 0 Å². The molecule has 1 aromatic rings. The van der Waals surface area contributed by atoms with Gasteiger partial charge in [0.05, 0.1) is 6.61 Å². The maximum absolute atomic E-state index is 9.32. The van der Waals surface area contributed by atoms with Gasteiger partial charge in [-0.3, -0.25) is 0 Å². The molecule has 0 unspecified atom stereocenters. The van der Waals surface area contributed by atoms with E-state index < -0.39 is 0 Å². The van der Waals surface area contributed by atoms with Crippen molar-refractivity contribution in [2.24, 2.45) is 0 Å². The molecule has 2 N–H and O–H groups in total. The van der Waals surface area contributed by atoms with Crippen LogP contribution in [0.2, 0.25) is 0 Å². The predicted octanol–water partition coefficient (Wildman–Crippen LogP) is 2.09. The topological polar surface area (TPSA) is 61.3 Å². The fourth-order valence-corrected chi connectivity index (χ4v) is 2.32. The van der Waals surface area contributed by atoms with E-state index in [1.165, 1.54) is 12.8 Å². The first-order valence-corrected chi connectivity index (χ1v) is 7.33. The Balaban J connectivity index is 2.49. The molecule has 1 saturated carbocycles. The summed E-state index contributed by atoms with van der Waals surface area (Å²) in [5.41, 5.74) is 0.962. The number of aliphatic hydroxyl groups is 1. The highest BCUT2D eigenvalue weighted by molar-refractivity contribution is 5.59. The Hall–Kier alpha value is -1.36. The zero-order chi connectivity index (χ0) is 14.9. The van der Waals surface area contributed by atoms with Crippen LogP contribution < -0.4 is 10.2 Å². The highest BCUT2D eigenvalue weighted by Crippen LogP contribution is 2.35. The summed E-state index contributed by atoms with van der Waals surface area (Å²) in [5.74, 6) is 2.68. The standard InChI is InChI=1S/C15H26N4O/c1-10-12(16-5)17-14(15(2,3)4)18-13(10)19(8-9-20)11-6-7-11/h11,20H,6-9H2,1-5H3,(H,16,17,18). The van der Waals surface area contributed by atoms with E-state index >= 15 is 0 Å². The first kappa shape index (κ1) is 15.0. The summed E-state index contributed by atoms with van der Waals surface area (Å²) in [5, 5.41) is 12.5. The molecule has 1 fully saturated rings. The number of nitrogens with one attached hydrogen (secondary N) is 1.